The average Bonchev–Trinajstić information content (AvgIpc) is 2.78. The van der Waals surface area contributed by atoms with Gasteiger partial charge in [0.2, 0.25) is 5.82 Å². The highest BCUT2D eigenvalue weighted by Gasteiger charge is 2.22. The van der Waals surface area contributed by atoms with Gasteiger partial charge < -0.3 is 4.74 Å². The van der Waals surface area contributed by atoms with E-state index in [9.17, 15) is 8.78 Å². The van der Waals surface area contributed by atoms with Gasteiger partial charge in [-0.1, -0.05) is 69.4 Å². The van der Waals surface area contributed by atoms with Crippen molar-refractivity contribution in [1.82, 2.24) is 0 Å². The molecule has 0 N–H and O–H groups in total. The van der Waals surface area contributed by atoms with Gasteiger partial charge in [-0.2, -0.15) is 4.39 Å². The van der Waals surface area contributed by atoms with E-state index in [0.717, 1.165) is 5.92 Å². The van der Waals surface area contributed by atoms with Gasteiger partial charge in [0, 0.05) is 5.56 Å². The summed E-state index contributed by atoms with van der Waals surface area (Å²) in [6, 6.07) is 11.1. The number of ether oxygens (including phenoxy) is 1. The van der Waals surface area contributed by atoms with Crippen molar-refractivity contribution < 1.29 is 13.5 Å². The lowest BCUT2D eigenvalue weighted by molar-refractivity contribution is 0.302. The summed E-state index contributed by atoms with van der Waals surface area (Å²) < 4.78 is 33.9. The number of hydrogen-bond donors (Lipinski definition) is 0. The monoisotopic (exact) mass is 412 g/mol. The van der Waals surface area contributed by atoms with Gasteiger partial charge in [-0.25, -0.2) is 4.39 Å². The third-order valence-electron chi connectivity index (χ3n) is 6.38. The smallest absolute Gasteiger partial charge is 0.201 e. The minimum absolute atomic E-state index is 0.0996. The third-order valence-corrected chi connectivity index (χ3v) is 6.38. The van der Waals surface area contributed by atoms with E-state index in [1.165, 1.54) is 75.7 Å². The van der Waals surface area contributed by atoms with Crippen LogP contribution in [-0.4, -0.2) is 0 Å². The van der Waals surface area contributed by atoms with Gasteiger partial charge in [-0.3, -0.25) is 0 Å². The largest absolute Gasteiger partial charge is 0.462 e. The molecule has 0 aliphatic heterocycles. The Labute approximate surface area is 180 Å². The van der Waals surface area contributed by atoms with Crippen LogP contribution in [-0.2, 0) is 0 Å². The van der Waals surface area contributed by atoms with Crippen molar-refractivity contribution in [2.45, 2.75) is 77.6 Å². The Morgan fingerprint density at radius 1 is 0.900 bits per heavy atom. The molecule has 0 radical (unpaired) electrons. The maximum atomic E-state index is 14.5. The molecule has 1 aliphatic carbocycles. The molecular weight excluding hydrogens is 378 g/mol. The van der Waals surface area contributed by atoms with Crippen LogP contribution in [0.4, 0.5) is 8.78 Å². The fraction of sp³-hybridized carbons (Fsp3) is 0.481. The number of rotatable bonds is 9. The molecule has 0 saturated heterocycles. The van der Waals surface area contributed by atoms with Gasteiger partial charge in [0.05, 0.1) is 6.26 Å². The van der Waals surface area contributed by atoms with E-state index in [-0.39, 0.29) is 11.3 Å². The molecule has 0 aromatic heterocycles. The van der Waals surface area contributed by atoms with Crippen LogP contribution in [0.15, 0.2) is 48.7 Å². The Hall–Kier alpha value is -2.16. The van der Waals surface area contributed by atoms with Crippen LogP contribution < -0.4 is 4.74 Å². The van der Waals surface area contributed by atoms with Crippen LogP contribution in [0, 0.1) is 17.6 Å². The van der Waals surface area contributed by atoms with Gasteiger partial charge in [0.15, 0.2) is 11.6 Å². The molecule has 2 aromatic rings. The van der Waals surface area contributed by atoms with Crippen molar-refractivity contribution in [1.29, 1.82) is 0 Å². The minimum Gasteiger partial charge on any atom is -0.462 e. The van der Waals surface area contributed by atoms with E-state index in [0.29, 0.717) is 11.5 Å². The molecule has 1 nitrogen and oxygen atoms in total. The number of hydrogen-bond acceptors (Lipinski definition) is 1. The van der Waals surface area contributed by atoms with Crippen LogP contribution >= 0.6 is 0 Å². The van der Waals surface area contributed by atoms with E-state index in [4.69, 9.17) is 4.74 Å². The summed E-state index contributed by atoms with van der Waals surface area (Å²) in [7, 11) is 0. The Bertz CT molecular complexity index is 818. The molecule has 0 amide bonds. The summed E-state index contributed by atoms with van der Waals surface area (Å²) >= 11 is 0. The van der Waals surface area contributed by atoms with Crippen molar-refractivity contribution in [3.63, 3.8) is 0 Å². The van der Waals surface area contributed by atoms with E-state index in [1.54, 1.807) is 19.1 Å². The summed E-state index contributed by atoms with van der Waals surface area (Å²) in [5.41, 5.74) is 2.28. The molecule has 3 rings (SSSR count). The van der Waals surface area contributed by atoms with Crippen molar-refractivity contribution in [3.05, 3.63) is 65.9 Å². The molecule has 0 bridgehead atoms. The van der Waals surface area contributed by atoms with Gasteiger partial charge in [0.25, 0.3) is 0 Å². The molecule has 1 aliphatic rings. The number of allylic oxidation sites excluding steroid dienone is 1. The molecule has 0 spiro atoms. The van der Waals surface area contributed by atoms with E-state index in [1.807, 2.05) is 12.1 Å². The van der Waals surface area contributed by atoms with Crippen LogP contribution in [0.5, 0.6) is 5.75 Å². The van der Waals surface area contributed by atoms with Crippen molar-refractivity contribution in [2.75, 3.05) is 0 Å². The van der Waals surface area contributed by atoms with Crippen LogP contribution in [0.25, 0.3) is 11.1 Å². The lowest BCUT2D eigenvalue weighted by Gasteiger charge is -2.29. The molecular formula is C27H34F2O. The summed E-state index contributed by atoms with van der Waals surface area (Å²) in [5, 5.41) is 0. The normalized spacial score (nSPS) is 19.3. The highest BCUT2D eigenvalue weighted by atomic mass is 19.2. The molecule has 0 atom stereocenters. The Morgan fingerprint density at radius 2 is 1.63 bits per heavy atom. The standard InChI is InChI=1S/C27H34F2O/c1-3-5-6-7-8-20-9-11-21(12-10-20)22-13-15-23(16-14-22)24-17-18-25(30-19-4-2)27(29)26(24)28/h4,13-21H,3,5-12H2,1-2H3/b19-4-. The molecule has 1 fully saturated rings. The second kappa shape index (κ2) is 11.3. The SMILES string of the molecule is C/C=C\Oc1ccc(-c2ccc(C3CCC(CCCCCC)CC3)cc2)c(F)c1F. The Morgan fingerprint density at radius 3 is 2.30 bits per heavy atom. The van der Waals surface area contributed by atoms with Crippen LogP contribution in [0.2, 0.25) is 0 Å². The zero-order chi connectivity index (χ0) is 21.3. The lowest BCUT2D eigenvalue weighted by Crippen LogP contribution is -2.13. The summed E-state index contributed by atoms with van der Waals surface area (Å²) in [4.78, 5) is 0. The summed E-state index contributed by atoms with van der Waals surface area (Å²) in [6.07, 6.45) is 14.8. The first kappa shape index (κ1) is 22.5. The predicted molar refractivity (Wildman–Crippen MR) is 121 cm³/mol. The summed E-state index contributed by atoms with van der Waals surface area (Å²) in [5.74, 6) is -0.445. The van der Waals surface area contributed by atoms with Crippen LogP contribution in [0.3, 0.4) is 0 Å². The summed E-state index contributed by atoms with van der Waals surface area (Å²) in [6.45, 7) is 4.01. The van der Waals surface area contributed by atoms with Crippen LogP contribution in [0.1, 0.15) is 83.1 Å². The fourth-order valence-corrected chi connectivity index (χ4v) is 4.57. The maximum Gasteiger partial charge on any atom is 0.201 e. The maximum absolute atomic E-state index is 14.5. The first-order valence-electron chi connectivity index (χ1n) is 11.5. The van der Waals surface area contributed by atoms with Gasteiger partial charge in [0.1, 0.15) is 0 Å². The van der Waals surface area contributed by atoms with E-state index < -0.39 is 11.6 Å². The molecule has 30 heavy (non-hydrogen) atoms. The molecule has 0 heterocycles. The third kappa shape index (κ3) is 5.71. The minimum atomic E-state index is -0.952. The van der Waals surface area contributed by atoms with E-state index >= 15 is 0 Å². The molecule has 0 unspecified atom stereocenters. The predicted octanol–water partition coefficient (Wildman–Crippen LogP) is 8.79. The highest BCUT2D eigenvalue weighted by molar-refractivity contribution is 5.65. The van der Waals surface area contributed by atoms with Gasteiger partial charge >= 0.3 is 0 Å². The first-order chi connectivity index (χ1) is 14.6. The van der Waals surface area contributed by atoms with Gasteiger partial charge in [-0.15, -0.1) is 0 Å². The Kier molecular flexibility index (Phi) is 8.48. The Balaban J connectivity index is 1.60. The molecule has 2 aromatic carbocycles. The number of unbranched alkanes of at least 4 members (excludes halogenated alkanes) is 3. The molecule has 162 valence electrons. The second-order valence-electron chi connectivity index (χ2n) is 8.52. The topological polar surface area (TPSA) is 9.23 Å². The van der Waals surface area contributed by atoms with E-state index in [2.05, 4.69) is 19.1 Å². The van der Waals surface area contributed by atoms with Crippen molar-refractivity contribution in [2.24, 2.45) is 5.92 Å². The average molecular weight is 413 g/mol. The zero-order valence-corrected chi connectivity index (χ0v) is 18.3. The van der Waals surface area contributed by atoms with Crippen molar-refractivity contribution in [3.8, 4) is 16.9 Å². The molecule has 1 saturated carbocycles. The molecule has 3 heteroatoms. The first-order valence-corrected chi connectivity index (χ1v) is 11.5. The lowest BCUT2D eigenvalue weighted by atomic mass is 9.77. The zero-order valence-electron chi connectivity index (χ0n) is 18.3. The highest BCUT2D eigenvalue weighted by Crippen LogP contribution is 2.38. The number of halogens is 2. The number of benzene rings is 2. The second-order valence-corrected chi connectivity index (χ2v) is 8.52. The van der Waals surface area contributed by atoms with Gasteiger partial charge in [-0.05, 0) is 67.7 Å². The quantitative estimate of drug-likeness (QED) is 0.295. The van der Waals surface area contributed by atoms with Crippen molar-refractivity contribution >= 4 is 0 Å². The fourth-order valence-electron chi connectivity index (χ4n) is 4.57.